The Hall–Kier alpha value is -2.57. The highest BCUT2D eigenvalue weighted by molar-refractivity contribution is 5.98. The number of carbonyl (C=O) groups is 1. The van der Waals surface area contributed by atoms with Gasteiger partial charge in [-0.2, -0.15) is 4.98 Å². The second-order valence-corrected chi connectivity index (χ2v) is 3.62. The zero-order valence-electron chi connectivity index (χ0n) is 10.0. The molecule has 3 N–H and O–H groups in total. The maximum absolute atomic E-state index is 11.6. The lowest BCUT2D eigenvalue weighted by Gasteiger charge is -2.05. The number of nitrogens with zero attached hydrogens (tertiary/aromatic N) is 2. The van der Waals surface area contributed by atoms with Crippen molar-refractivity contribution in [3.8, 4) is 6.01 Å². The maximum Gasteiger partial charge on any atom is 0.336 e. The van der Waals surface area contributed by atoms with Crippen molar-refractivity contribution in [2.24, 2.45) is 0 Å². The van der Waals surface area contributed by atoms with Crippen LogP contribution in [0.25, 0.3) is 0 Å². The number of aromatic amines is 1. The number of carbonyl (C=O) groups excluding carboxylic acids is 1. The molecule has 0 atom stereocenters. The molecule has 0 aliphatic rings. The summed E-state index contributed by atoms with van der Waals surface area (Å²) in [6.45, 7) is 1.95. The number of amides is 2. The van der Waals surface area contributed by atoms with E-state index in [0.29, 0.717) is 5.69 Å². The molecule has 0 fully saturated rings. The number of nitrogens with one attached hydrogen (secondary N) is 3. The van der Waals surface area contributed by atoms with Gasteiger partial charge < -0.3 is 10.1 Å². The minimum atomic E-state index is -0.403. The minimum Gasteiger partial charge on any atom is -0.466 e. The minimum absolute atomic E-state index is 0.167. The van der Waals surface area contributed by atoms with Crippen LogP contribution in [0.3, 0.4) is 0 Å². The van der Waals surface area contributed by atoms with Crippen LogP contribution in [0.2, 0.25) is 0 Å². The van der Waals surface area contributed by atoms with E-state index in [1.807, 2.05) is 25.1 Å². The molecule has 0 unspecified atom stereocenters. The van der Waals surface area contributed by atoms with E-state index >= 15 is 0 Å². The Morgan fingerprint density at radius 2 is 2.22 bits per heavy atom. The average molecular weight is 247 g/mol. The molecule has 7 heteroatoms. The number of hydrogen-bond donors (Lipinski definition) is 3. The molecule has 0 aliphatic heterocycles. The number of anilines is 2. The zero-order chi connectivity index (χ0) is 13.0. The predicted octanol–water partition coefficient (Wildman–Crippen LogP) is 1.77. The lowest BCUT2D eigenvalue weighted by atomic mass is 10.2. The topological polar surface area (TPSA) is 91.9 Å². The summed E-state index contributed by atoms with van der Waals surface area (Å²) in [5.41, 5.74) is 1.77. The number of methoxy groups -OCH3 is 1. The summed E-state index contributed by atoms with van der Waals surface area (Å²) < 4.78 is 4.79. The SMILES string of the molecule is COc1n[nH]c(NC(=O)Nc2cccc(C)c2)n1. The van der Waals surface area contributed by atoms with Crippen LogP contribution in [0.15, 0.2) is 24.3 Å². The van der Waals surface area contributed by atoms with Gasteiger partial charge >= 0.3 is 12.0 Å². The molecule has 0 bridgehead atoms. The Morgan fingerprint density at radius 1 is 1.39 bits per heavy atom. The molecule has 0 radical (unpaired) electrons. The highest BCUT2D eigenvalue weighted by Gasteiger charge is 2.07. The van der Waals surface area contributed by atoms with E-state index in [1.54, 1.807) is 6.07 Å². The van der Waals surface area contributed by atoms with E-state index < -0.39 is 6.03 Å². The molecule has 18 heavy (non-hydrogen) atoms. The van der Waals surface area contributed by atoms with Crippen molar-refractivity contribution in [3.05, 3.63) is 29.8 Å². The van der Waals surface area contributed by atoms with Gasteiger partial charge in [0, 0.05) is 5.69 Å². The molecular formula is C11H13N5O2. The molecule has 2 amide bonds. The number of benzene rings is 1. The first kappa shape index (κ1) is 11.9. The number of rotatable bonds is 3. The van der Waals surface area contributed by atoms with Gasteiger partial charge in [0.25, 0.3) is 0 Å². The van der Waals surface area contributed by atoms with E-state index in [2.05, 4.69) is 25.8 Å². The van der Waals surface area contributed by atoms with Gasteiger partial charge in [-0.3, -0.25) is 5.32 Å². The Kier molecular flexibility index (Phi) is 3.42. The van der Waals surface area contributed by atoms with Gasteiger partial charge in [0.15, 0.2) is 0 Å². The number of hydrogen-bond acceptors (Lipinski definition) is 4. The van der Waals surface area contributed by atoms with Crippen LogP contribution in [-0.4, -0.2) is 28.3 Å². The Bertz CT molecular complexity index is 552. The summed E-state index contributed by atoms with van der Waals surface area (Å²) >= 11 is 0. The lowest BCUT2D eigenvalue weighted by Crippen LogP contribution is -2.20. The van der Waals surface area contributed by atoms with Gasteiger partial charge in [-0.1, -0.05) is 12.1 Å². The molecule has 7 nitrogen and oxygen atoms in total. The van der Waals surface area contributed by atoms with E-state index in [-0.39, 0.29) is 12.0 Å². The maximum atomic E-state index is 11.6. The monoisotopic (exact) mass is 247 g/mol. The third-order valence-electron chi connectivity index (χ3n) is 2.16. The van der Waals surface area contributed by atoms with Crippen LogP contribution in [0.1, 0.15) is 5.56 Å². The molecule has 94 valence electrons. The summed E-state index contributed by atoms with van der Waals surface area (Å²) in [7, 11) is 1.44. The second-order valence-electron chi connectivity index (χ2n) is 3.62. The highest BCUT2D eigenvalue weighted by Crippen LogP contribution is 2.10. The number of aryl methyl sites for hydroxylation is 1. The molecule has 0 saturated carbocycles. The zero-order valence-corrected chi connectivity index (χ0v) is 10.0. The van der Waals surface area contributed by atoms with E-state index in [0.717, 1.165) is 5.56 Å². The van der Waals surface area contributed by atoms with Crippen LogP contribution in [0.4, 0.5) is 16.4 Å². The smallest absolute Gasteiger partial charge is 0.336 e. The fraction of sp³-hybridized carbons (Fsp3) is 0.182. The summed E-state index contributed by atoms with van der Waals surface area (Å²) in [5, 5.41) is 11.4. The Balaban J connectivity index is 1.96. The summed E-state index contributed by atoms with van der Waals surface area (Å²) in [6.07, 6.45) is 0. The first-order valence-electron chi connectivity index (χ1n) is 5.28. The van der Waals surface area contributed by atoms with Crippen LogP contribution in [0, 0.1) is 6.92 Å². The van der Waals surface area contributed by atoms with Gasteiger partial charge in [-0.15, -0.1) is 5.10 Å². The first-order valence-corrected chi connectivity index (χ1v) is 5.28. The highest BCUT2D eigenvalue weighted by atomic mass is 16.5. The van der Waals surface area contributed by atoms with Gasteiger partial charge in [0.1, 0.15) is 0 Å². The average Bonchev–Trinajstić information content (AvgIpc) is 2.76. The summed E-state index contributed by atoms with van der Waals surface area (Å²) in [5.74, 6) is 0.219. The molecule has 2 aromatic rings. The molecule has 0 saturated heterocycles. The van der Waals surface area contributed by atoms with Crippen molar-refractivity contribution >= 4 is 17.7 Å². The number of urea groups is 1. The van der Waals surface area contributed by atoms with Crippen molar-refractivity contribution in [3.63, 3.8) is 0 Å². The van der Waals surface area contributed by atoms with Crippen molar-refractivity contribution in [2.75, 3.05) is 17.7 Å². The van der Waals surface area contributed by atoms with E-state index in [4.69, 9.17) is 4.74 Å². The van der Waals surface area contributed by atoms with Crippen LogP contribution >= 0.6 is 0 Å². The quantitative estimate of drug-likeness (QED) is 0.770. The number of H-pyrrole nitrogens is 1. The largest absolute Gasteiger partial charge is 0.466 e. The standard InChI is InChI=1S/C11H13N5O2/c1-7-4-3-5-8(6-7)12-10(17)13-9-14-11(18-2)16-15-9/h3-6H,1-2H3,(H3,12,13,14,15,16,17). The van der Waals surface area contributed by atoms with Crippen LogP contribution < -0.4 is 15.4 Å². The first-order chi connectivity index (χ1) is 8.67. The van der Waals surface area contributed by atoms with Crippen LogP contribution in [-0.2, 0) is 0 Å². The predicted molar refractivity (Wildman–Crippen MR) is 66.8 cm³/mol. The molecule has 0 spiro atoms. The Morgan fingerprint density at radius 3 is 2.89 bits per heavy atom. The third-order valence-corrected chi connectivity index (χ3v) is 2.16. The van der Waals surface area contributed by atoms with E-state index in [1.165, 1.54) is 7.11 Å². The van der Waals surface area contributed by atoms with Crippen LogP contribution in [0.5, 0.6) is 6.01 Å². The fourth-order valence-electron chi connectivity index (χ4n) is 1.39. The van der Waals surface area contributed by atoms with Gasteiger partial charge in [0.05, 0.1) is 7.11 Å². The third kappa shape index (κ3) is 2.97. The second kappa shape index (κ2) is 5.17. The number of aromatic nitrogens is 3. The Labute approximate surface area is 104 Å². The van der Waals surface area contributed by atoms with E-state index in [9.17, 15) is 4.79 Å². The molecule has 1 heterocycles. The summed E-state index contributed by atoms with van der Waals surface area (Å²) in [4.78, 5) is 15.5. The molecule has 2 rings (SSSR count). The molecule has 0 aliphatic carbocycles. The van der Waals surface area contributed by atoms with Gasteiger partial charge in [0.2, 0.25) is 5.95 Å². The van der Waals surface area contributed by atoms with Crippen molar-refractivity contribution in [1.29, 1.82) is 0 Å². The van der Waals surface area contributed by atoms with Crippen molar-refractivity contribution < 1.29 is 9.53 Å². The fourth-order valence-corrected chi connectivity index (χ4v) is 1.39. The normalized spacial score (nSPS) is 9.89. The van der Waals surface area contributed by atoms with Gasteiger partial charge in [-0.05, 0) is 24.6 Å². The lowest BCUT2D eigenvalue weighted by molar-refractivity contribution is 0.262. The van der Waals surface area contributed by atoms with Gasteiger partial charge in [-0.25, -0.2) is 9.89 Å². The molecule has 1 aromatic carbocycles. The molecule has 1 aromatic heterocycles. The van der Waals surface area contributed by atoms with Crippen molar-refractivity contribution in [2.45, 2.75) is 6.92 Å². The number of ether oxygens (including phenoxy) is 1. The molecular weight excluding hydrogens is 234 g/mol. The van der Waals surface area contributed by atoms with Crippen molar-refractivity contribution in [1.82, 2.24) is 15.2 Å². The summed E-state index contributed by atoms with van der Waals surface area (Å²) in [6, 6.07) is 7.24.